The molecule has 2 aromatic carbocycles. The van der Waals surface area contributed by atoms with Crippen LogP contribution in [0.25, 0.3) is 0 Å². The van der Waals surface area contributed by atoms with Crippen LogP contribution in [0.1, 0.15) is 22.7 Å². The van der Waals surface area contributed by atoms with Gasteiger partial charge in [-0.3, -0.25) is 0 Å². The molecule has 2 N–H and O–H groups in total. The molecule has 4 nitrogen and oxygen atoms in total. The molecule has 0 radical (unpaired) electrons. The van der Waals surface area contributed by atoms with Crippen LogP contribution in [0.4, 0.5) is 13.2 Å². The Kier molecular flexibility index (Phi) is 5.23. The molecule has 0 saturated heterocycles. The Hall–Kier alpha value is -2.41. The number of aryl methyl sites for hydroxylation is 1. The van der Waals surface area contributed by atoms with Crippen LogP contribution >= 0.6 is 0 Å². The van der Waals surface area contributed by atoms with Gasteiger partial charge in [-0.15, -0.1) is 13.2 Å². The summed E-state index contributed by atoms with van der Waals surface area (Å²) in [6.07, 6.45) is -4.73. The summed E-state index contributed by atoms with van der Waals surface area (Å²) >= 11 is 0. The molecule has 130 valence electrons. The maximum Gasteiger partial charge on any atom is 0.573 e. The van der Waals surface area contributed by atoms with Gasteiger partial charge in [-0.05, 0) is 42.3 Å². The van der Waals surface area contributed by atoms with Crippen LogP contribution < -0.4 is 19.9 Å². The zero-order valence-corrected chi connectivity index (χ0v) is 13.5. The lowest BCUT2D eigenvalue weighted by molar-refractivity contribution is -0.274. The second kappa shape index (κ2) is 7.00. The molecule has 0 fully saturated rings. The predicted molar refractivity (Wildman–Crippen MR) is 83.4 cm³/mol. The summed E-state index contributed by atoms with van der Waals surface area (Å²) in [5.74, 6) is 0.797. The van der Waals surface area contributed by atoms with E-state index in [1.165, 1.54) is 38.5 Å². The minimum absolute atomic E-state index is 0.304. The molecule has 0 aromatic heterocycles. The van der Waals surface area contributed by atoms with Crippen LogP contribution in [-0.4, -0.2) is 20.6 Å². The Morgan fingerprint density at radius 1 is 0.958 bits per heavy atom. The highest BCUT2D eigenvalue weighted by atomic mass is 19.4. The normalized spacial score (nSPS) is 12.6. The molecule has 24 heavy (non-hydrogen) atoms. The second-order valence-corrected chi connectivity index (χ2v) is 5.18. The fraction of sp³-hybridized carbons (Fsp3) is 0.294. The van der Waals surface area contributed by atoms with Crippen LogP contribution in [0.5, 0.6) is 17.2 Å². The summed E-state index contributed by atoms with van der Waals surface area (Å²) in [5.41, 5.74) is 8.43. The van der Waals surface area contributed by atoms with Gasteiger partial charge in [0.1, 0.15) is 17.2 Å². The highest BCUT2D eigenvalue weighted by Crippen LogP contribution is 2.37. The topological polar surface area (TPSA) is 53.7 Å². The molecule has 0 unspecified atom stereocenters. The van der Waals surface area contributed by atoms with E-state index in [0.29, 0.717) is 22.6 Å². The van der Waals surface area contributed by atoms with Gasteiger partial charge >= 0.3 is 6.36 Å². The molecule has 1 atom stereocenters. The van der Waals surface area contributed by atoms with Crippen LogP contribution in [0, 0.1) is 6.92 Å². The average Bonchev–Trinajstić information content (AvgIpc) is 2.52. The largest absolute Gasteiger partial charge is 0.573 e. The van der Waals surface area contributed by atoms with Crippen molar-refractivity contribution in [1.82, 2.24) is 0 Å². The first-order valence-electron chi connectivity index (χ1n) is 7.09. The molecular weight excluding hydrogens is 323 g/mol. The molecule has 0 bridgehead atoms. The van der Waals surface area contributed by atoms with Crippen LogP contribution in [-0.2, 0) is 0 Å². The standard InChI is InChI=1S/C17H18F3NO3/c1-10-8-13(22-2)15(14(9-10)23-3)16(21)11-4-6-12(7-5-11)24-17(18,19)20/h4-9,16H,21H2,1-3H3/t16-/m1/s1. The summed E-state index contributed by atoms with van der Waals surface area (Å²) in [5, 5.41) is 0. The van der Waals surface area contributed by atoms with Crippen molar-refractivity contribution in [2.45, 2.75) is 19.3 Å². The predicted octanol–water partition coefficient (Wildman–Crippen LogP) is 3.96. The van der Waals surface area contributed by atoms with Gasteiger partial charge in [0.15, 0.2) is 0 Å². The number of benzene rings is 2. The van der Waals surface area contributed by atoms with E-state index in [-0.39, 0.29) is 5.75 Å². The van der Waals surface area contributed by atoms with Gasteiger partial charge in [-0.25, -0.2) is 0 Å². The van der Waals surface area contributed by atoms with Gasteiger partial charge in [0.25, 0.3) is 0 Å². The molecule has 2 rings (SSSR count). The van der Waals surface area contributed by atoms with E-state index < -0.39 is 12.4 Å². The van der Waals surface area contributed by atoms with Crippen molar-refractivity contribution in [2.75, 3.05) is 14.2 Å². The molecule has 0 aliphatic carbocycles. The molecule has 0 amide bonds. The lowest BCUT2D eigenvalue weighted by Gasteiger charge is -2.20. The van der Waals surface area contributed by atoms with Gasteiger partial charge in [-0.2, -0.15) is 0 Å². The van der Waals surface area contributed by atoms with E-state index in [1.54, 1.807) is 0 Å². The Morgan fingerprint density at radius 2 is 1.46 bits per heavy atom. The Labute approximate surface area is 137 Å². The van der Waals surface area contributed by atoms with Gasteiger partial charge in [0, 0.05) is 0 Å². The number of methoxy groups -OCH3 is 2. The third kappa shape index (κ3) is 4.11. The van der Waals surface area contributed by atoms with Crippen molar-refractivity contribution in [2.24, 2.45) is 5.73 Å². The number of hydrogen-bond donors (Lipinski definition) is 1. The fourth-order valence-corrected chi connectivity index (χ4v) is 2.42. The summed E-state index contributed by atoms with van der Waals surface area (Å²) in [7, 11) is 3.04. The monoisotopic (exact) mass is 341 g/mol. The van der Waals surface area contributed by atoms with Crippen LogP contribution in [0.2, 0.25) is 0 Å². The molecule has 0 aliphatic rings. The van der Waals surface area contributed by atoms with E-state index in [0.717, 1.165) is 5.56 Å². The molecule has 0 saturated carbocycles. The third-order valence-electron chi connectivity index (χ3n) is 3.47. The van der Waals surface area contributed by atoms with E-state index in [2.05, 4.69) is 4.74 Å². The highest BCUT2D eigenvalue weighted by Gasteiger charge is 2.31. The van der Waals surface area contributed by atoms with Crippen molar-refractivity contribution in [3.05, 3.63) is 53.1 Å². The first-order chi connectivity index (χ1) is 11.2. The van der Waals surface area contributed by atoms with Gasteiger partial charge in [-0.1, -0.05) is 12.1 Å². The third-order valence-corrected chi connectivity index (χ3v) is 3.47. The number of ether oxygens (including phenoxy) is 3. The first-order valence-corrected chi connectivity index (χ1v) is 7.09. The maximum absolute atomic E-state index is 12.2. The average molecular weight is 341 g/mol. The minimum atomic E-state index is -4.73. The van der Waals surface area contributed by atoms with Crippen molar-refractivity contribution in [3.63, 3.8) is 0 Å². The van der Waals surface area contributed by atoms with Gasteiger partial charge in [0.2, 0.25) is 0 Å². The lowest BCUT2D eigenvalue weighted by atomic mass is 9.96. The molecule has 0 heterocycles. The van der Waals surface area contributed by atoms with E-state index in [4.69, 9.17) is 15.2 Å². The highest BCUT2D eigenvalue weighted by molar-refractivity contribution is 5.52. The number of alkyl halides is 3. The van der Waals surface area contributed by atoms with E-state index >= 15 is 0 Å². The Morgan fingerprint density at radius 3 is 1.88 bits per heavy atom. The quantitative estimate of drug-likeness (QED) is 0.894. The number of rotatable bonds is 5. The SMILES string of the molecule is COc1cc(C)cc(OC)c1[C@H](N)c1ccc(OC(F)(F)F)cc1. The Balaban J connectivity index is 2.37. The zero-order chi connectivity index (χ0) is 17.9. The number of hydrogen-bond acceptors (Lipinski definition) is 4. The van der Waals surface area contributed by atoms with E-state index in [9.17, 15) is 13.2 Å². The van der Waals surface area contributed by atoms with Gasteiger partial charge < -0.3 is 19.9 Å². The minimum Gasteiger partial charge on any atom is -0.496 e. The van der Waals surface area contributed by atoms with Crippen molar-refractivity contribution in [1.29, 1.82) is 0 Å². The summed E-state index contributed by atoms with van der Waals surface area (Å²) < 4.78 is 51.3. The summed E-state index contributed by atoms with van der Waals surface area (Å²) in [4.78, 5) is 0. The first kappa shape index (κ1) is 17.9. The molecule has 0 aliphatic heterocycles. The van der Waals surface area contributed by atoms with Gasteiger partial charge in [0.05, 0.1) is 25.8 Å². The molecule has 0 spiro atoms. The van der Waals surface area contributed by atoms with Crippen molar-refractivity contribution in [3.8, 4) is 17.2 Å². The molecular formula is C17H18F3NO3. The number of nitrogens with two attached hydrogens (primary N) is 1. The fourth-order valence-electron chi connectivity index (χ4n) is 2.42. The number of halogens is 3. The molecule has 2 aromatic rings. The Bertz CT molecular complexity index is 674. The smallest absolute Gasteiger partial charge is 0.496 e. The second-order valence-electron chi connectivity index (χ2n) is 5.18. The van der Waals surface area contributed by atoms with Crippen LogP contribution in [0.15, 0.2) is 36.4 Å². The maximum atomic E-state index is 12.2. The van der Waals surface area contributed by atoms with Crippen molar-refractivity contribution >= 4 is 0 Å². The summed E-state index contributed by atoms with van der Waals surface area (Å²) in [6, 6.07) is 8.40. The lowest BCUT2D eigenvalue weighted by Crippen LogP contribution is -2.17. The molecule has 7 heteroatoms. The van der Waals surface area contributed by atoms with Crippen LogP contribution in [0.3, 0.4) is 0 Å². The zero-order valence-electron chi connectivity index (χ0n) is 13.5. The van der Waals surface area contributed by atoms with Crippen molar-refractivity contribution < 1.29 is 27.4 Å². The van der Waals surface area contributed by atoms with E-state index in [1.807, 2.05) is 19.1 Å². The summed E-state index contributed by atoms with van der Waals surface area (Å²) in [6.45, 7) is 1.89.